The minimum Gasteiger partial charge on any atom is -0.493 e. The first-order valence-corrected chi connectivity index (χ1v) is 17.5. The van der Waals surface area contributed by atoms with Crippen molar-refractivity contribution in [1.82, 2.24) is 9.62 Å². The smallest absolute Gasteiger partial charge is 0.306 e. The Morgan fingerprint density at radius 3 is 2.02 bits per heavy atom. The summed E-state index contributed by atoms with van der Waals surface area (Å²) in [4.78, 5) is 50.8. The van der Waals surface area contributed by atoms with Crippen molar-refractivity contribution < 1.29 is 51.6 Å². The van der Waals surface area contributed by atoms with Crippen LogP contribution in [0.25, 0.3) is 10.1 Å². The van der Waals surface area contributed by atoms with Gasteiger partial charge in [0.15, 0.2) is 28.8 Å². The summed E-state index contributed by atoms with van der Waals surface area (Å²) in [5, 5.41) is 9.91. The molecule has 0 bridgehead atoms. The number of rotatable bonds is 16. The third-order valence-corrected chi connectivity index (χ3v) is 9.28. The number of hydrogen-bond acceptors (Lipinski definition) is 11. The Morgan fingerprint density at radius 2 is 1.45 bits per heavy atom. The predicted molar refractivity (Wildman–Crippen MR) is 174 cm³/mol. The number of amides is 2. The average Bonchev–Trinajstić information content (AvgIpc) is 3.62. The number of carbonyl (C=O) groups excluding carboxylic acids is 3. The molecule has 1 aliphatic rings. The molecular weight excluding hydrogens is 652 g/mol. The van der Waals surface area contributed by atoms with Crippen LogP contribution in [0.1, 0.15) is 53.9 Å². The second kappa shape index (κ2) is 15.0. The van der Waals surface area contributed by atoms with Gasteiger partial charge >= 0.3 is 5.97 Å². The Bertz CT molecular complexity index is 1780. The maximum absolute atomic E-state index is 12.9. The zero-order valence-corrected chi connectivity index (χ0v) is 28.4. The van der Waals surface area contributed by atoms with Gasteiger partial charge in [-0.1, -0.05) is 13.8 Å². The van der Waals surface area contributed by atoms with Gasteiger partial charge in [-0.3, -0.25) is 23.9 Å². The van der Waals surface area contributed by atoms with Gasteiger partial charge in [-0.05, 0) is 40.8 Å². The second-order valence-corrected chi connectivity index (χ2v) is 14.3. The molecule has 0 fully saturated rings. The summed E-state index contributed by atoms with van der Waals surface area (Å²) < 4.78 is 48.4. The SMILES string of the molecule is COc1cc2c(cc1OCCCOc1cc3cc(C(=O)CC(C)C(=O)O)sc3cc1OC)CN(C(=O)CC(C)C(=O)NS(C)(=O)=O)C2. The highest BCUT2D eigenvalue weighted by atomic mass is 32.2. The Morgan fingerprint density at radius 1 is 0.872 bits per heavy atom. The molecule has 0 aliphatic carbocycles. The molecule has 0 radical (unpaired) electrons. The molecular formula is C32H38N2O11S2. The maximum atomic E-state index is 12.9. The summed E-state index contributed by atoms with van der Waals surface area (Å²) in [5.41, 5.74) is 1.76. The van der Waals surface area contributed by atoms with Gasteiger partial charge in [-0.15, -0.1) is 11.3 Å². The van der Waals surface area contributed by atoms with E-state index in [-0.39, 0.29) is 24.5 Å². The van der Waals surface area contributed by atoms with Crippen molar-refractivity contribution in [3.05, 3.63) is 46.3 Å². The van der Waals surface area contributed by atoms with Crippen LogP contribution >= 0.6 is 11.3 Å². The zero-order valence-electron chi connectivity index (χ0n) is 26.8. The van der Waals surface area contributed by atoms with Gasteiger partial charge in [-0.2, -0.15) is 0 Å². The number of fused-ring (bicyclic) bond motifs is 2. The molecule has 1 aromatic heterocycles. The maximum Gasteiger partial charge on any atom is 0.306 e. The minimum atomic E-state index is -3.71. The molecule has 2 N–H and O–H groups in total. The highest BCUT2D eigenvalue weighted by Crippen LogP contribution is 2.38. The van der Waals surface area contributed by atoms with Crippen molar-refractivity contribution in [2.24, 2.45) is 11.8 Å². The summed E-state index contributed by atoms with van der Waals surface area (Å²) in [6.07, 6.45) is 1.18. The van der Waals surface area contributed by atoms with Crippen LogP contribution in [-0.4, -0.2) is 75.7 Å². The number of carboxylic acid groups (broad SMARTS) is 1. The van der Waals surface area contributed by atoms with Crippen molar-refractivity contribution in [3.8, 4) is 23.0 Å². The van der Waals surface area contributed by atoms with Crippen molar-refractivity contribution in [2.45, 2.75) is 46.2 Å². The Labute approximate surface area is 276 Å². The van der Waals surface area contributed by atoms with E-state index in [0.29, 0.717) is 60.6 Å². The molecule has 15 heteroatoms. The number of nitrogens with one attached hydrogen (secondary N) is 1. The third-order valence-electron chi connectivity index (χ3n) is 7.57. The number of Topliss-reactive ketones (excluding diaryl/α,β-unsaturated/α-hetero) is 1. The number of thiophene rings is 1. The topological polar surface area (TPSA) is 175 Å². The van der Waals surface area contributed by atoms with Crippen LogP contribution in [0, 0.1) is 11.8 Å². The number of nitrogens with zero attached hydrogens (tertiary/aromatic N) is 1. The number of benzene rings is 2. The largest absolute Gasteiger partial charge is 0.493 e. The van der Waals surface area contributed by atoms with E-state index in [9.17, 15) is 27.6 Å². The first kappa shape index (κ1) is 35.5. The first-order valence-electron chi connectivity index (χ1n) is 14.8. The Balaban J connectivity index is 1.32. The highest BCUT2D eigenvalue weighted by Gasteiger charge is 2.28. The molecule has 0 saturated carbocycles. The molecule has 4 rings (SSSR count). The van der Waals surface area contributed by atoms with Crippen LogP contribution in [-0.2, 0) is 37.5 Å². The quantitative estimate of drug-likeness (QED) is 0.164. The highest BCUT2D eigenvalue weighted by molar-refractivity contribution is 7.89. The summed E-state index contributed by atoms with van der Waals surface area (Å²) in [6.45, 7) is 4.25. The van der Waals surface area contributed by atoms with Crippen molar-refractivity contribution in [1.29, 1.82) is 0 Å². The van der Waals surface area contributed by atoms with Crippen LogP contribution in [0.4, 0.5) is 0 Å². The fourth-order valence-electron chi connectivity index (χ4n) is 4.97. The average molecular weight is 691 g/mol. The standard InChI is InChI=1S/C32H38N2O11S2/c1-18(31(37)33-47(5,40)41)10-30(36)34-16-21-12-24(42-3)27(13-22(21)17-34)45-8-6-7-44-26-11-20-14-29(23(35)9-19(2)32(38)39)46-28(20)15-25(26)43-4/h11-15,18-19H,6-10,16-17H2,1-5H3,(H,33,37)(H,38,39). The van der Waals surface area contributed by atoms with Gasteiger partial charge in [-0.25, -0.2) is 8.42 Å². The van der Waals surface area contributed by atoms with Crippen molar-refractivity contribution in [2.75, 3.05) is 33.7 Å². The van der Waals surface area contributed by atoms with Crippen LogP contribution in [0.5, 0.6) is 23.0 Å². The van der Waals surface area contributed by atoms with Crippen LogP contribution in [0.3, 0.4) is 0 Å². The molecule has 2 unspecified atom stereocenters. The number of ether oxygens (including phenoxy) is 4. The molecule has 0 spiro atoms. The molecule has 3 aromatic rings. The molecule has 0 saturated heterocycles. The van der Waals surface area contributed by atoms with Gasteiger partial charge in [0.25, 0.3) is 0 Å². The third kappa shape index (κ3) is 9.13. The summed E-state index contributed by atoms with van der Waals surface area (Å²) in [6, 6.07) is 8.95. The molecule has 47 heavy (non-hydrogen) atoms. The van der Waals surface area contributed by atoms with Crippen LogP contribution in [0.15, 0.2) is 30.3 Å². The van der Waals surface area contributed by atoms with Gasteiger partial charge in [0.05, 0.1) is 44.5 Å². The first-order chi connectivity index (χ1) is 22.2. The summed E-state index contributed by atoms with van der Waals surface area (Å²) in [7, 11) is -0.665. The Hall–Kier alpha value is -4.37. The summed E-state index contributed by atoms with van der Waals surface area (Å²) >= 11 is 1.28. The fourth-order valence-corrected chi connectivity index (χ4v) is 6.56. The van der Waals surface area contributed by atoms with Gasteiger partial charge in [0.1, 0.15) is 0 Å². The molecule has 254 valence electrons. The normalized spacial score (nSPS) is 13.9. The second-order valence-electron chi connectivity index (χ2n) is 11.4. The van der Waals surface area contributed by atoms with Gasteiger partial charge in [0, 0.05) is 49.0 Å². The van der Waals surface area contributed by atoms with E-state index in [1.807, 2.05) is 16.9 Å². The van der Waals surface area contributed by atoms with E-state index >= 15 is 0 Å². The van der Waals surface area contributed by atoms with Crippen LogP contribution < -0.4 is 23.7 Å². The monoisotopic (exact) mass is 690 g/mol. The molecule has 1 aliphatic heterocycles. The van der Waals surface area contributed by atoms with Gasteiger partial charge < -0.3 is 29.0 Å². The lowest BCUT2D eigenvalue weighted by Crippen LogP contribution is -2.36. The fraction of sp³-hybridized carbons (Fsp3) is 0.438. The Kier molecular flexibility index (Phi) is 11.3. The lowest BCUT2D eigenvalue weighted by Gasteiger charge is -2.18. The van der Waals surface area contributed by atoms with E-state index in [0.717, 1.165) is 27.5 Å². The van der Waals surface area contributed by atoms with Crippen molar-refractivity contribution >= 4 is 55.0 Å². The van der Waals surface area contributed by atoms with Gasteiger partial charge in [0.2, 0.25) is 21.8 Å². The van der Waals surface area contributed by atoms with E-state index < -0.39 is 33.7 Å². The van der Waals surface area contributed by atoms with Crippen LogP contribution in [0.2, 0.25) is 0 Å². The number of aliphatic carboxylic acids is 1. The molecule has 2 heterocycles. The van der Waals surface area contributed by atoms with E-state index in [1.165, 1.54) is 39.4 Å². The number of methoxy groups -OCH3 is 2. The minimum absolute atomic E-state index is 0.0810. The van der Waals surface area contributed by atoms with E-state index in [2.05, 4.69) is 0 Å². The lowest BCUT2D eigenvalue weighted by atomic mass is 10.0. The molecule has 13 nitrogen and oxygen atoms in total. The molecule has 2 aromatic carbocycles. The number of carboxylic acids is 1. The number of ketones is 1. The molecule has 2 atom stereocenters. The lowest BCUT2D eigenvalue weighted by molar-refractivity contribution is -0.141. The predicted octanol–water partition coefficient (Wildman–Crippen LogP) is 4.00. The van der Waals surface area contributed by atoms with E-state index in [1.54, 1.807) is 23.1 Å². The summed E-state index contributed by atoms with van der Waals surface area (Å²) in [5.74, 6) is -1.82. The number of hydrogen-bond donors (Lipinski definition) is 2. The van der Waals surface area contributed by atoms with Crippen molar-refractivity contribution in [3.63, 3.8) is 0 Å². The number of carbonyl (C=O) groups is 4. The van der Waals surface area contributed by atoms with E-state index in [4.69, 9.17) is 24.1 Å². The zero-order chi connectivity index (χ0) is 34.5. The molecule has 2 amide bonds. The number of sulfonamides is 1.